The molecule has 2 aromatic rings. The van der Waals surface area contributed by atoms with Crippen molar-refractivity contribution in [3.63, 3.8) is 0 Å². The molecule has 190 valence electrons. The normalized spacial score (nSPS) is 15.8. The van der Waals surface area contributed by atoms with Gasteiger partial charge in [0.05, 0.1) is 18.5 Å². The molecule has 0 radical (unpaired) electrons. The predicted octanol–water partition coefficient (Wildman–Crippen LogP) is 5.88. The number of nitrogens with zero attached hydrogens (tertiary/aromatic N) is 3. The molecule has 2 aliphatic heterocycles. The van der Waals surface area contributed by atoms with Gasteiger partial charge in [-0.3, -0.25) is 9.83 Å². The third kappa shape index (κ3) is 6.06. The second-order valence-electron chi connectivity index (χ2n) is 9.20. The number of para-hydroxylation sites is 2. The number of hydrogen-bond acceptors (Lipinski definition) is 6. The molecule has 35 heavy (non-hydrogen) atoms. The van der Waals surface area contributed by atoms with Crippen molar-refractivity contribution in [2.24, 2.45) is 4.99 Å². The lowest BCUT2D eigenvalue weighted by Gasteiger charge is -2.42. The third-order valence-corrected chi connectivity index (χ3v) is 5.74. The summed E-state index contributed by atoms with van der Waals surface area (Å²) < 4.78 is 11.8. The quantitative estimate of drug-likeness (QED) is 0.334. The second-order valence-corrected chi connectivity index (χ2v) is 9.20. The number of nitrogens with one attached hydrogen (secondary N) is 1. The van der Waals surface area contributed by atoms with Crippen molar-refractivity contribution in [2.75, 3.05) is 32.1 Å². The number of benzene rings is 2. The van der Waals surface area contributed by atoms with Crippen LogP contribution in [0, 0.1) is 0 Å². The molecule has 1 fully saturated rings. The van der Waals surface area contributed by atoms with Crippen LogP contribution >= 0.6 is 0 Å². The lowest BCUT2D eigenvalue weighted by Crippen LogP contribution is -2.47. The molecule has 0 aliphatic carbocycles. The second kappa shape index (κ2) is 11.4. The number of rotatable bonds is 3. The molecule has 0 bridgehead atoms. The van der Waals surface area contributed by atoms with Gasteiger partial charge in [0.1, 0.15) is 5.60 Å². The number of anilines is 2. The number of hydrogen-bond donors (Lipinski definition) is 1. The van der Waals surface area contributed by atoms with Gasteiger partial charge in [0.15, 0.2) is 17.3 Å². The zero-order valence-corrected chi connectivity index (χ0v) is 21.9. The molecule has 0 spiro atoms. The van der Waals surface area contributed by atoms with Crippen LogP contribution in [0.15, 0.2) is 47.5 Å². The number of ether oxygens (including phenoxy) is 2. The summed E-state index contributed by atoms with van der Waals surface area (Å²) >= 11 is 0. The van der Waals surface area contributed by atoms with Crippen molar-refractivity contribution in [2.45, 2.75) is 59.1 Å². The summed E-state index contributed by atoms with van der Waals surface area (Å²) in [7, 11) is 3.27. The first-order valence-electron chi connectivity index (χ1n) is 12.2. The van der Waals surface area contributed by atoms with Gasteiger partial charge in [-0.25, -0.2) is 10.3 Å². The summed E-state index contributed by atoms with van der Waals surface area (Å²) in [4.78, 5) is 26.0. The zero-order valence-electron chi connectivity index (χ0n) is 21.9. The fourth-order valence-electron chi connectivity index (χ4n) is 4.29. The Hall–Kier alpha value is -3.26. The van der Waals surface area contributed by atoms with Crippen molar-refractivity contribution in [1.82, 2.24) is 10.4 Å². The number of carbonyl (C=O) groups excluding carboxylic acids is 1. The van der Waals surface area contributed by atoms with Gasteiger partial charge >= 0.3 is 6.09 Å². The van der Waals surface area contributed by atoms with Gasteiger partial charge < -0.3 is 19.3 Å². The van der Waals surface area contributed by atoms with Crippen molar-refractivity contribution in [1.29, 1.82) is 0 Å². The summed E-state index contributed by atoms with van der Waals surface area (Å²) in [6.45, 7) is 11.0. The van der Waals surface area contributed by atoms with Crippen molar-refractivity contribution >= 4 is 23.3 Å². The van der Waals surface area contributed by atoms with Gasteiger partial charge in [0.25, 0.3) is 0 Å². The molecule has 1 saturated heterocycles. The van der Waals surface area contributed by atoms with Crippen molar-refractivity contribution in [3.8, 4) is 11.5 Å². The highest BCUT2D eigenvalue weighted by molar-refractivity contribution is 5.99. The molecule has 0 atom stereocenters. The molecule has 0 unspecified atom stereocenters. The minimum Gasteiger partial charge on any atom is -0.453 e. The van der Waals surface area contributed by atoms with Gasteiger partial charge in [-0.05, 0) is 63.9 Å². The first-order valence-corrected chi connectivity index (χ1v) is 12.2. The number of amidine groups is 1. The molecule has 0 saturated carbocycles. The highest BCUT2D eigenvalue weighted by Crippen LogP contribution is 2.49. The molecule has 2 aliphatic rings. The maximum absolute atomic E-state index is 12.5. The van der Waals surface area contributed by atoms with Gasteiger partial charge in [-0.2, -0.15) is 0 Å². The van der Waals surface area contributed by atoms with Gasteiger partial charge in [-0.1, -0.05) is 26.0 Å². The Morgan fingerprint density at radius 2 is 1.71 bits per heavy atom. The lowest BCUT2D eigenvalue weighted by molar-refractivity contribution is 0.0206. The monoisotopic (exact) mass is 482 g/mol. The molecule has 0 aromatic heterocycles. The Bertz CT molecular complexity index is 1040. The molecular weight excluding hydrogens is 444 g/mol. The third-order valence-electron chi connectivity index (χ3n) is 5.74. The van der Waals surface area contributed by atoms with E-state index in [9.17, 15) is 4.79 Å². The van der Waals surface area contributed by atoms with E-state index in [0.717, 1.165) is 41.3 Å². The maximum Gasteiger partial charge on any atom is 0.410 e. The Labute approximate surface area is 208 Å². The summed E-state index contributed by atoms with van der Waals surface area (Å²) in [6, 6.07) is 14.3. The van der Waals surface area contributed by atoms with Crippen LogP contribution in [0.2, 0.25) is 0 Å². The van der Waals surface area contributed by atoms with E-state index >= 15 is 0 Å². The number of fused-ring (bicyclic) bond motifs is 2. The maximum atomic E-state index is 12.5. The Morgan fingerprint density at radius 3 is 2.34 bits per heavy atom. The van der Waals surface area contributed by atoms with E-state index in [-0.39, 0.29) is 12.1 Å². The average Bonchev–Trinajstić information content (AvgIpc) is 2.86. The summed E-state index contributed by atoms with van der Waals surface area (Å²) in [5.41, 5.74) is 5.23. The topological polar surface area (TPSA) is 75.6 Å². The van der Waals surface area contributed by atoms with Crippen LogP contribution in [0.5, 0.6) is 11.5 Å². The van der Waals surface area contributed by atoms with Crippen LogP contribution in [-0.2, 0) is 9.57 Å². The van der Waals surface area contributed by atoms with Crippen LogP contribution in [0.4, 0.5) is 16.2 Å². The first-order chi connectivity index (χ1) is 16.8. The smallest absolute Gasteiger partial charge is 0.410 e. The number of amides is 1. The fourth-order valence-corrected chi connectivity index (χ4v) is 4.29. The zero-order chi connectivity index (χ0) is 25.6. The first kappa shape index (κ1) is 26.3. The molecule has 1 amide bonds. The summed E-state index contributed by atoms with van der Waals surface area (Å²) in [5, 5.41) is 0. The van der Waals surface area contributed by atoms with Gasteiger partial charge in [0.2, 0.25) is 0 Å². The number of piperidine rings is 1. The Morgan fingerprint density at radius 1 is 1.06 bits per heavy atom. The molecule has 1 N–H and O–H groups in total. The van der Waals surface area contributed by atoms with Crippen molar-refractivity contribution in [3.05, 3.63) is 48.0 Å². The Balaban J connectivity index is 0.00000167. The summed E-state index contributed by atoms with van der Waals surface area (Å²) in [5.74, 6) is 2.20. The number of likely N-dealkylation sites (tertiary alicyclic amines) is 1. The molecule has 8 heteroatoms. The number of carbonyl (C=O) groups is 1. The average molecular weight is 483 g/mol. The van der Waals surface area contributed by atoms with Crippen molar-refractivity contribution < 1.29 is 19.1 Å². The summed E-state index contributed by atoms with van der Waals surface area (Å²) in [6.07, 6.45) is 1.42. The van der Waals surface area contributed by atoms with E-state index in [4.69, 9.17) is 14.3 Å². The molecule has 8 nitrogen and oxygen atoms in total. The largest absolute Gasteiger partial charge is 0.453 e. The number of aliphatic imine (C=N–C) groups is 1. The Kier molecular flexibility index (Phi) is 8.62. The van der Waals surface area contributed by atoms with Gasteiger partial charge in [-0.15, -0.1) is 0 Å². The highest BCUT2D eigenvalue weighted by atomic mass is 16.6. The molecule has 2 aromatic carbocycles. The van der Waals surface area contributed by atoms with Crippen LogP contribution < -0.4 is 15.1 Å². The van der Waals surface area contributed by atoms with E-state index in [2.05, 4.69) is 27.5 Å². The predicted molar refractivity (Wildman–Crippen MR) is 140 cm³/mol. The van der Waals surface area contributed by atoms with E-state index in [1.54, 1.807) is 19.1 Å². The minimum absolute atomic E-state index is 0.231. The number of hydroxylamine groups is 1. The van der Waals surface area contributed by atoms with Crippen LogP contribution in [-0.4, -0.2) is 55.7 Å². The lowest BCUT2D eigenvalue weighted by atomic mass is 9.99. The molecular formula is C27H38N4O4. The highest BCUT2D eigenvalue weighted by Gasteiger charge is 2.34. The van der Waals surface area contributed by atoms with E-state index in [1.807, 2.05) is 65.0 Å². The van der Waals surface area contributed by atoms with E-state index < -0.39 is 5.60 Å². The van der Waals surface area contributed by atoms with Crippen LogP contribution in [0.3, 0.4) is 0 Å². The van der Waals surface area contributed by atoms with Crippen LogP contribution in [0.25, 0.3) is 0 Å². The van der Waals surface area contributed by atoms with E-state index in [0.29, 0.717) is 18.9 Å². The molecule has 2 heterocycles. The van der Waals surface area contributed by atoms with Gasteiger partial charge in [0, 0.05) is 31.7 Å². The molecule has 4 rings (SSSR count). The minimum atomic E-state index is -0.494. The van der Waals surface area contributed by atoms with Crippen LogP contribution in [0.1, 0.15) is 53.0 Å². The standard InChI is InChI=1S/C25H32N4O4.C2H6/c1-25(2,3)33-24(30)28-14-12-18(13-15-28)29-19-8-6-7-9-21(19)32-22-16-17(10-11-20(22)29)23(26-4)27-31-5;1-2/h6-11,16,18H,12-15H2,1-5H3,(H,26,27);1-2H3. The SMILES string of the molecule is CC.CN=C(NOC)c1ccc2c(c1)Oc1ccccc1N2C1CCN(C(=O)OC(C)(C)C)CC1. The van der Waals surface area contributed by atoms with E-state index in [1.165, 1.54) is 0 Å². The fraction of sp³-hybridized carbons (Fsp3) is 0.481.